The largest absolute Gasteiger partial charge is 0.324 e. The number of carbonyl (C=O) groups is 1. The summed E-state index contributed by atoms with van der Waals surface area (Å²) in [6.07, 6.45) is 6.07. The molecule has 156 valence electrons. The van der Waals surface area contributed by atoms with E-state index in [-0.39, 0.29) is 24.6 Å². The molecule has 2 N–H and O–H groups in total. The van der Waals surface area contributed by atoms with Gasteiger partial charge in [-0.25, -0.2) is 18.6 Å². The van der Waals surface area contributed by atoms with Gasteiger partial charge >= 0.3 is 6.03 Å². The van der Waals surface area contributed by atoms with Crippen LogP contribution in [0.2, 0.25) is 0 Å². The molecule has 2 aromatic heterocycles. The van der Waals surface area contributed by atoms with Gasteiger partial charge in [0.2, 0.25) is 0 Å². The Bertz CT molecular complexity index is 1040. The number of hydrogen-bond donors (Lipinski definition) is 2. The number of likely N-dealkylation sites (tertiary alicyclic amines) is 1. The zero-order valence-corrected chi connectivity index (χ0v) is 16.4. The van der Waals surface area contributed by atoms with Gasteiger partial charge in [0.05, 0.1) is 6.20 Å². The van der Waals surface area contributed by atoms with Crippen molar-refractivity contribution in [3.8, 4) is 11.1 Å². The fourth-order valence-electron chi connectivity index (χ4n) is 3.69. The van der Waals surface area contributed by atoms with Gasteiger partial charge in [0.15, 0.2) is 0 Å². The molecule has 3 aromatic rings. The molecule has 0 unspecified atom stereocenters. The summed E-state index contributed by atoms with van der Waals surface area (Å²) in [5.41, 5.74) is 1.52. The van der Waals surface area contributed by atoms with Crippen molar-refractivity contribution in [3.63, 3.8) is 0 Å². The smallest absolute Gasteiger partial charge is 0.323 e. The van der Waals surface area contributed by atoms with Crippen LogP contribution in [0.25, 0.3) is 21.9 Å². The molecule has 0 atom stereocenters. The molecule has 2 amide bonds. The summed E-state index contributed by atoms with van der Waals surface area (Å²) in [4.78, 5) is 22.6. The van der Waals surface area contributed by atoms with Crippen molar-refractivity contribution in [2.24, 2.45) is 0 Å². The lowest BCUT2D eigenvalue weighted by Crippen LogP contribution is -2.46. The van der Waals surface area contributed by atoms with Gasteiger partial charge in [-0.3, -0.25) is 10.3 Å². The highest BCUT2D eigenvalue weighted by atomic mass is 19.1. The van der Waals surface area contributed by atoms with Crippen molar-refractivity contribution >= 4 is 22.6 Å². The van der Waals surface area contributed by atoms with E-state index in [1.54, 1.807) is 23.4 Å². The van der Waals surface area contributed by atoms with Crippen LogP contribution in [0.5, 0.6) is 0 Å². The Kier molecular flexibility index (Phi) is 6.13. The Morgan fingerprint density at radius 2 is 1.90 bits per heavy atom. The van der Waals surface area contributed by atoms with Gasteiger partial charge in [0.25, 0.3) is 0 Å². The molecule has 4 rings (SSSR count). The van der Waals surface area contributed by atoms with Gasteiger partial charge in [-0.1, -0.05) is 12.1 Å². The number of halogens is 2. The molecular formula is C22H23F2N5O. The maximum atomic E-state index is 13.5. The Balaban J connectivity index is 1.45. The van der Waals surface area contributed by atoms with Crippen LogP contribution in [0.4, 0.5) is 19.4 Å². The average molecular weight is 411 g/mol. The van der Waals surface area contributed by atoms with Crippen LogP contribution in [0.15, 0.2) is 48.9 Å². The number of nitrogens with one attached hydrogen (secondary N) is 2. The third-order valence-corrected chi connectivity index (χ3v) is 5.30. The quantitative estimate of drug-likeness (QED) is 0.666. The van der Waals surface area contributed by atoms with Gasteiger partial charge in [-0.2, -0.15) is 0 Å². The molecule has 0 aliphatic carbocycles. The molecule has 1 aliphatic rings. The number of urea groups is 1. The number of hydrogen-bond acceptors (Lipinski definition) is 4. The minimum absolute atomic E-state index is 0.198. The highest BCUT2D eigenvalue weighted by Gasteiger charge is 2.22. The first kappa shape index (κ1) is 20.2. The van der Waals surface area contributed by atoms with E-state index in [0.717, 1.165) is 29.2 Å². The van der Waals surface area contributed by atoms with Gasteiger partial charge in [0.1, 0.15) is 18.3 Å². The van der Waals surface area contributed by atoms with E-state index in [1.807, 2.05) is 18.2 Å². The number of carbonyl (C=O) groups excluding carboxylic acids is 1. The summed E-state index contributed by atoms with van der Waals surface area (Å²) in [6.45, 7) is 1.19. The fraction of sp³-hybridized carbons (Fsp3) is 0.318. The second-order valence-electron chi connectivity index (χ2n) is 7.36. The molecule has 1 aliphatic heterocycles. The number of anilines is 1. The monoisotopic (exact) mass is 411 g/mol. The highest BCUT2D eigenvalue weighted by Crippen LogP contribution is 2.25. The lowest BCUT2D eigenvalue weighted by Gasteiger charge is -2.32. The van der Waals surface area contributed by atoms with E-state index < -0.39 is 0 Å². The summed E-state index contributed by atoms with van der Waals surface area (Å²) >= 11 is 0. The molecule has 3 heterocycles. The second-order valence-corrected chi connectivity index (χ2v) is 7.36. The van der Waals surface area contributed by atoms with Gasteiger partial charge in [-0.05, 0) is 42.0 Å². The third kappa shape index (κ3) is 4.71. The number of fused-ring (bicyclic) bond motifs is 1. The number of benzene rings is 1. The lowest BCUT2D eigenvalue weighted by molar-refractivity contribution is 0.188. The van der Waals surface area contributed by atoms with E-state index in [9.17, 15) is 13.6 Å². The normalized spacial score (nSPS) is 14.8. The Hall–Kier alpha value is -3.13. The van der Waals surface area contributed by atoms with Gasteiger partial charge in [0, 0.05) is 49.0 Å². The number of nitrogens with zero attached hydrogens (tertiary/aromatic N) is 3. The van der Waals surface area contributed by atoms with Crippen LogP contribution in [-0.2, 0) is 0 Å². The molecule has 0 spiro atoms. The predicted molar refractivity (Wildman–Crippen MR) is 113 cm³/mol. The highest BCUT2D eigenvalue weighted by molar-refractivity contribution is 5.93. The van der Waals surface area contributed by atoms with Crippen LogP contribution in [0.3, 0.4) is 0 Å². The minimum Gasteiger partial charge on any atom is -0.324 e. The minimum atomic E-state index is -0.390. The summed E-state index contributed by atoms with van der Waals surface area (Å²) in [5, 5.41) is 7.81. The first-order valence-electron chi connectivity index (χ1n) is 9.98. The molecular weight excluding hydrogens is 388 g/mol. The van der Waals surface area contributed by atoms with Crippen LogP contribution in [-0.4, -0.2) is 53.2 Å². The number of amides is 2. The first-order chi connectivity index (χ1) is 14.6. The summed E-state index contributed by atoms with van der Waals surface area (Å²) < 4.78 is 25.8. The maximum absolute atomic E-state index is 13.5. The Morgan fingerprint density at radius 3 is 2.67 bits per heavy atom. The third-order valence-electron chi connectivity index (χ3n) is 5.30. The first-order valence-corrected chi connectivity index (χ1v) is 9.98. The standard InChI is InChI=1S/C22H23F2N5O/c23-5-6-26-20-3-7-29(8-4-20)22(30)28-21-11-17-9-15(1-2-16(17)13-27-21)18-10-19(24)14-25-12-18/h1-2,9-14,20,26H,3-8H2,(H,27,28,30). The molecule has 0 bridgehead atoms. The SMILES string of the molecule is O=C(Nc1cc2cc(-c3cncc(F)c3)ccc2cn1)N1CCC(NCCF)CC1. The lowest BCUT2D eigenvalue weighted by atomic mass is 10.0. The zero-order chi connectivity index (χ0) is 20.9. The summed E-state index contributed by atoms with van der Waals surface area (Å²) in [6, 6.07) is 9.01. The van der Waals surface area contributed by atoms with Crippen molar-refractivity contribution in [1.29, 1.82) is 0 Å². The molecule has 0 saturated carbocycles. The van der Waals surface area contributed by atoms with Crippen molar-refractivity contribution in [2.45, 2.75) is 18.9 Å². The number of alkyl halides is 1. The van der Waals surface area contributed by atoms with E-state index in [2.05, 4.69) is 20.6 Å². The number of aromatic nitrogens is 2. The molecule has 1 aromatic carbocycles. The van der Waals surface area contributed by atoms with E-state index >= 15 is 0 Å². The average Bonchev–Trinajstić information content (AvgIpc) is 2.77. The van der Waals surface area contributed by atoms with E-state index in [1.165, 1.54) is 12.3 Å². The Morgan fingerprint density at radius 1 is 1.07 bits per heavy atom. The molecule has 1 fully saturated rings. The van der Waals surface area contributed by atoms with E-state index in [0.29, 0.717) is 31.0 Å². The molecule has 0 radical (unpaired) electrons. The number of rotatable bonds is 5. The topological polar surface area (TPSA) is 70.2 Å². The molecule has 6 nitrogen and oxygen atoms in total. The van der Waals surface area contributed by atoms with Crippen LogP contribution in [0, 0.1) is 5.82 Å². The number of pyridine rings is 2. The second kappa shape index (κ2) is 9.13. The summed E-state index contributed by atoms with van der Waals surface area (Å²) in [5.74, 6) is 0.0682. The Labute approximate surface area is 173 Å². The molecule has 8 heteroatoms. The van der Waals surface area contributed by atoms with Crippen LogP contribution < -0.4 is 10.6 Å². The summed E-state index contributed by atoms with van der Waals surface area (Å²) in [7, 11) is 0. The van der Waals surface area contributed by atoms with Crippen molar-refractivity contribution in [2.75, 3.05) is 31.6 Å². The van der Waals surface area contributed by atoms with Crippen molar-refractivity contribution in [3.05, 3.63) is 54.7 Å². The van der Waals surface area contributed by atoms with Crippen LogP contribution in [0.1, 0.15) is 12.8 Å². The van der Waals surface area contributed by atoms with Gasteiger partial charge in [-0.15, -0.1) is 0 Å². The fourth-order valence-corrected chi connectivity index (χ4v) is 3.69. The molecule has 1 saturated heterocycles. The molecule has 30 heavy (non-hydrogen) atoms. The zero-order valence-electron chi connectivity index (χ0n) is 16.4. The number of piperidine rings is 1. The maximum Gasteiger partial charge on any atom is 0.323 e. The van der Waals surface area contributed by atoms with E-state index in [4.69, 9.17) is 0 Å². The predicted octanol–water partition coefficient (Wildman–Crippen LogP) is 3.99. The van der Waals surface area contributed by atoms with Crippen molar-refractivity contribution < 1.29 is 13.6 Å². The van der Waals surface area contributed by atoms with Crippen LogP contribution >= 0.6 is 0 Å². The van der Waals surface area contributed by atoms with Gasteiger partial charge < -0.3 is 10.2 Å². The van der Waals surface area contributed by atoms with Crippen molar-refractivity contribution in [1.82, 2.24) is 20.2 Å².